The molecule has 1 aromatic heterocycles. The Balaban J connectivity index is 1.34. The number of hydrogen-bond donors (Lipinski definition) is 1. The minimum absolute atomic E-state index is 0.168. The van der Waals surface area contributed by atoms with Crippen molar-refractivity contribution in [1.82, 2.24) is 9.97 Å². The van der Waals surface area contributed by atoms with Crippen LogP contribution >= 0.6 is 11.6 Å². The Labute approximate surface area is 219 Å². The van der Waals surface area contributed by atoms with Crippen LogP contribution in [-0.2, 0) is 14.8 Å². The Hall–Kier alpha value is -3.91. The highest BCUT2D eigenvalue weighted by molar-refractivity contribution is 7.92. The normalized spacial score (nSPS) is 13.8. The van der Waals surface area contributed by atoms with E-state index in [1.54, 1.807) is 18.2 Å². The maximum absolute atomic E-state index is 11.4. The van der Waals surface area contributed by atoms with E-state index in [-0.39, 0.29) is 5.82 Å². The molecule has 1 N–H and O–H groups in total. The lowest BCUT2D eigenvalue weighted by atomic mass is 10.0. The molecule has 3 aromatic carbocycles. The van der Waals surface area contributed by atoms with Gasteiger partial charge in [0.1, 0.15) is 17.6 Å². The molecule has 4 aromatic rings. The molecule has 0 unspecified atom stereocenters. The Morgan fingerprint density at radius 1 is 1.03 bits per heavy atom. The first-order valence-corrected chi connectivity index (χ1v) is 13.7. The van der Waals surface area contributed by atoms with Crippen molar-refractivity contribution in [3.63, 3.8) is 0 Å². The number of morpholine rings is 1. The van der Waals surface area contributed by atoms with Crippen LogP contribution in [0.4, 0.5) is 11.5 Å². The second-order valence-corrected chi connectivity index (χ2v) is 10.6. The molecular weight excluding hydrogens is 514 g/mol. The first-order chi connectivity index (χ1) is 17.8. The third-order valence-corrected chi connectivity index (χ3v) is 6.61. The first kappa shape index (κ1) is 24.8. The lowest BCUT2D eigenvalue weighted by molar-refractivity contribution is 0.122. The summed E-state index contributed by atoms with van der Waals surface area (Å²) in [5, 5.41) is 10.2. The van der Waals surface area contributed by atoms with Gasteiger partial charge in [0.25, 0.3) is 0 Å². The molecule has 0 saturated carbocycles. The van der Waals surface area contributed by atoms with Crippen LogP contribution in [0, 0.1) is 11.3 Å². The van der Waals surface area contributed by atoms with E-state index in [9.17, 15) is 13.7 Å². The van der Waals surface area contributed by atoms with Gasteiger partial charge in [0.15, 0.2) is 5.82 Å². The van der Waals surface area contributed by atoms with Crippen molar-refractivity contribution >= 4 is 44.2 Å². The van der Waals surface area contributed by atoms with Crippen LogP contribution in [0.1, 0.15) is 5.56 Å². The topological polar surface area (TPSA) is 117 Å². The zero-order valence-electron chi connectivity index (χ0n) is 19.8. The Morgan fingerprint density at radius 2 is 1.76 bits per heavy atom. The molecule has 0 atom stereocenters. The first-order valence-electron chi connectivity index (χ1n) is 11.4. The molecule has 1 saturated heterocycles. The predicted octanol–water partition coefficient (Wildman–Crippen LogP) is 4.82. The van der Waals surface area contributed by atoms with E-state index in [0.717, 1.165) is 17.4 Å². The van der Waals surface area contributed by atoms with Gasteiger partial charge in [-0.25, -0.2) is 13.4 Å². The number of nitriles is 1. The number of hydrogen-bond acceptors (Lipinski definition) is 8. The van der Waals surface area contributed by atoms with Crippen LogP contribution in [-0.4, -0.2) is 50.9 Å². The van der Waals surface area contributed by atoms with Gasteiger partial charge in [0.05, 0.1) is 53.0 Å². The monoisotopic (exact) mass is 535 g/mol. The van der Waals surface area contributed by atoms with E-state index >= 15 is 0 Å². The van der Waals surface area contributed by atoms with E-state index < -0.39 is 10.0 Å². The second kappa shape index (κ2) is 10.2. The van der Waals surface area contributed by atoms with Gasteiger partial charge in [-0.05, 0) is 35.4 Å². The maximum Gasteiger partial charge on any atom is 0.231 e. The van der Waals surface area contributed by atoms with Crippen molar-refractivity contribution in [2.24, 2.45) is 0 Å². The van der Waals surface area contributed by atoms with Crippen LogP contribution < -0.4 is 14.4 Å². The lowest BCUT2D eigenvalue weighted by Gasteiger charge is -2.30. The molecular formula is C26H22ClN5O4S. The van der Waals surface area contributed by atoms with Gasteiger partial charge < -0.3 is 14.4 Å². The van der Waals surface area contributed by atoms with Gasteiger partial charge in [-0.1, -0.05) is 29.8 Å². The molecule has 1 aliphatic rings. The van der Waals surface area contributed by atoms with Crippen LogP contribution in [0.25, 0.3) is 22.2 Å². The van der Waals surface area contributed by atoms with Crippen molar-refractivity contribution < 1.29 is 17.9 Å². The number of benzene rings is 3. The van der Waals surface area contributed by atoms with Crippen molar-refractivity contribution in [3.8, 4) is 28.7 Å². The number of rotatable bonds is 6. The van der Waals surface area contributed by atoms with Crippen LogP contribution in [0.2, 0.25) is 5.02 Å². The van der Waals surface area contributed by atoms with Gasteiger partial charge >= 0.3 is 0 Å². The van der Waals surface area contributed by atoms with E-state index in [1.165, 1.54) is 6.20 Å². The number of aromatic nitrogens is 2. The van der Waals surface area contributed by atoms with Crippen molar-refractivity contribution in [2.45, 2.75) is 0 Å². The molecule has 1 fully saturated rings. The highest BCUT2D eigenvalue weighted by atomic mass is 35.5. The fraction of sp³-hybridized carbons (Fsp3) is 0.192. The summed E-state index contributed by atoms with van der Waals surface area (Å²) in [6.07, 6.45) is 2.45. The average Bonchev–Trinajstić information content (AvgIpc) is 2.88. The van der Waals surface area contributed by atoms with Crippen LogP contribution in [0.3, 0.4) is 0 Å². The maximum atomic E-state index is 11.4. The summed E-state index contributed by atoms with van der Waals surface area (Å²) in [5.41, 5.74) is 4.22. The minimum Gasteiger partial charge on any atom is -0.457 e. The molecule has 37 heavy (non-hydrogen) atoms. The fourth-order valence-electron chi connectivity index (χ4n) is 4.11. The number of nitrogens with zero attached hydrogens (tertiary/aromatic N) is 4. The highest BCUT2D eigenvalue weighted by Crippen LogP contribution is 2.36. The van der Waals surface area contributed by atoms with Crippen molar-refractivity contribution in [2.75, 3.05) is 42.2 Å². The third kappa shape index (κ3) is 5.75. The summed E-state index contributed by atoms with van der Waals surface area (Å²) in [5.74, 6) is 1.24. The molecule has 9 nitrogen and oxygen atoms in total. The Bertz CT molecular complexity index is 1620. The van der Waals surface area contributed by atoms with Crippen LogP contribution in [0.5, 0.6) is 11.5 Å². The van der Waals surface area contributed by atoms with E-state index in [1.807, 2.05) is 36.4 Å². The molecule has 0 amide bonds. The predicted molar refractivity (Wildman–Crippen MR) is 143 cm³/mol. The zero-order valence-corrected chi connectivity index (χ0v) is 21.4. The summed E-state index contributed by atoms with van der Waals surface area (Å²) in [4.78, 5) is 10.7. The van der Waals surface area contributed by atoms with Gasteiger partial charge in [-0.15, -0.1) is 0 Å². The standard InChI is InChI=1S/C26H22ClN5O4S/c1-37(33,34)31-25-16-29-24-13-18(4-7-23(24)30-25)17-2-5-20(6-3-17)36-21-12-19(15-28)26(22(27)14-21)32-8-10-35-11-9-32/h2-7,12-14,16H,8-11H2,1H3,(H,30,31). The van der Waals surface area contributed by atoms with Gasteiger partial charge in [0.2, 0.25) is 10.0 Å². The fourth-order valence-corrected chi connectivity index (χ4v) is 4.91. The smallest absolute Gasteiger partial charge is 0.231 e. The van der Waals surface area contributed by atoms with E-state index in [4.69, 9.17) is 21.1 Å². The second-order valence-electron chi connectivity index (χ2n) is 8.47. The van der Waals surface area contributed by atoms with Gasteiger partial charge in [-0.2, -0.15) is 5.26 Å². The molecule has 0 bridgehead atoms. The summed E-state index contributed by atoms with van der Waals surface area (Å²) in [6, 6.07) is 18.7. The Kier molecular flexibility index (Phi) is 6.84. The number of sulfonamides is 1. The largest absolute Gasteiger partial charge is 0.457 e. The summed E-state index contributed by atoms with van der Waals surface area (Å²) in [6.45, 7) is 2.54. The lowest BCUT2D eigenvalue weighted by Crippen LogP contribution is -2.36. The molecule has 2 heterocycles. The molecule has 5 rings (SSSR count). The molecule has 1 aliphatic heterocycles. The molecule has 188 valence electrons. The highest BCUT2D eigenvalue weighted by Gasteiger charge is 2.19. The number of halogens is 1. The summed E-state index contributed by atoms with van der Waals surface area (Å²) >= 11 is 6.55. The molecule has 11 heteroatoms. The van der Waals surface area contributed by atoms with E-state index in [0.29, 0.717) is 65.1 Å². The van der Waals surface area contributed by atoms with Crippen LogP contribution in [0.15, 0.2) is 60.8 Å². The summed E-state index contributed by atoms with van der Waals surface area (Å²) in [7, 11) is -3.43. The average molecular weight is 536 g/mol. The number of anilines is 2. The zero-order chi connectivity index (χ0) is 26.0. The minimum atomic E-state index is -3.43. The number of fused-ring (bicyclic) bond motifs is 1. The van der Waals surface area contributed by atoms with Gasteiger partial charge in [-0.3, -0.25) is 9.71 Å². The van der Waals surface area contributed by atoms with Crippen molar-refractivity contribution in [3.05, 3.63) is 71.4 Å². The van der Waals surface area contributed by atoms with E-state index in [2.05, 4.69) is 25.7 Å². The number of ether oxygens (including phenoxy) is 2. The molecule has 0 aliphatic carbocycles. The number of nitrogens with one attached hydrogen (secondary N) is 1. The molecule has 0 radical (unpaired) electrons. The quantitative estimate of drug-likeness (QED) is 0.373. The Morgan fingerprint density at radius 3 is 2.46 bits per heavy atom. The van der Waals surface area contributed by atoms with Crippen molar-refractivity contribution in [1.29, 1.82) is 5.26 Å². The van der Waals surface area contributed by atoms with Gasteiger partial charge in [0, 0.05) is 25.2 Å². The SMILES string of the molecule is CS(=O)(=O)Nc1cnc2cc(-c3ccc(Oc4cc(Cl)c(N5CCOCC5)c(C#N)c4)cc3)ccc2n1. The summed E-state index contributed by atoms with van der Waals surface area (Å²) < 4.78 is 36.6. The molecule has 0 spiro atoms. The third-order valence-electron chi connectivity index (χ3n) is 5.74.